The summed E-state index contributed by atoms with van der Waals surface area (Å²) >= 11 is 0. The molecular formula is C27H27N5O. The molecule has 0 bridgehead atoms. The highest BCUT2D eigenvalue weighted by atomic mass is 16.5. The van der Waals surface area contributed by atoms with E-state index in [1.54, 1.807) is 0 Å². The first-order chi connectivity index (χ1) is 16.1. The monoisotopic (exact) mass is 437 g/mol. The Morgan fingerprint density at radius 1 is 0.939 bits per heavy atom. The molecule has 0 atom stereocenters. The standard InChI is InChI=1S/C27H27N5O/c1-31(2)26-24(21-12-8-13-22(17-21)33-18-19-9-4-3-5-10-19)25(28)29-27(30-26)32-16-15-20-11-6-7-14-23(20)32/h3-14,17H,15-16,18H2,1-2H3,(H2,28,29,30). The minimum Gasteiger partial charge on any atom is -0.489 e. The Morgan fingerprint density at radius 2 is 1.73 bits per heavy atom. The number of hydrogen-bond acceptors (Lipinski definition) is 6. The normalized spacial score (nSPS) is 12.5. The number of nitrogen functional groups attached to an aromatic ring is 1. The molecule has 0 saturated heterocycles. The van der Waals surface area contributed by atoms with Gasteiger partial charge in [0.05, 0.1) is 5.56 Å². The molecule has 4 aromatic rings. The van der Waals surface area contributed by atoms with Crippen molar-refractivity contribution < 1.29 is 4.74 Å². The molecule has 6 heteroatoms. The number of benzene rings is 3. The van der Waals surface area contributed by atoms with Crippen molar-refractivity contribution in [2.45, 2.75) is 13.0 Å². The van der Waals surface area contributed by atoms with Crippen molar-refractivity contribution in [2.75, 3.05) is 36.2 Å². The Kier molecular flexibility index (Phi) is 5.57. The first-order valence-corrected chi connectivity index (χ1v) is 11.1. The van der Waals surface area contributed by atoms with E-state index in [2.05, 4.69) is 35.2 Å². The zero-order valence-electron chi connectivity index (χ0n) is 18.9. The smallest absolute Gasteiger partial charge is 0.233 e. The van der Waals surface area contributed by atoms with Gasteiger partial charge in [0.25, 0.3) is 0 Å². The van der Waals surface area contributed by atoms with E-state index in [0.717, 1.165) is 46.9 Å². The molecule has 0 unspecified atom stereocenters. The third kappa shape index (κ3) is 4.20. The molecule has 2 N–H and O–H groups in total. The first kappa shape index (κ1) is 20.8. The van der Waals surface area contributed by atoms with Gasteiger partial charge in [-0.2, -0.15) is 9.97 Å². The fourth-order valence-electron chi connectivity index (χ4n) is 4.20. The van der Waals surface area contributed by atoms with E-state index < -0.39 is 0 Å². The fourth-order valence-corrected chi connectivity index (χ4v) is 4.20. The molecule has 166 valence electrons. The van der Waals surface area contributed by atoms with Crippen molar-refractivity contribution in [3.8, 4) is 16.9 Å². The van der Waals surface area contributed by atoms with Crippen LogP contribution < -0.4 is 20.3 Å². The van der Waals surface area contributed by atoms with Crippen LogP contribution in [0.4, 0.5) is 23.3 Å². The molecular weight excluding hydrogens is 410 g/mol. The Bertz CT molecular complexity index is 1270. The minimum absolute atomic E-state index is 0.452. The molecule has 0 amide bonds. The lowest BCUT2D eigenvalue weighted by molar-refractivity contribution is 0.306. The second-order valence-corrected chi connectivity index (χ2v) is 8.33. The SMILES string of the molecule is CN(C)c1nc(N2CCc3ccccc32)nc(N)c1-c1cccc(OCc2ccccc2)c1. The summed E-state index contributed by atoms with van der Waals surface area (Å²) in [6.07, 6.45) is 0.972. The molecule has 0 fully saturated rings. The summed E-state index contributed by atoms with van der Waals surface area (Å²) in [4.78, 5) is 13.8. The molecule has 0 saturated carbocycles. The van der Waals surface area contributed by atoms with Gasteiger partial charge in [-0.05, 0) is 41.3 Å². The maximum atomic E-state index is 6.55. The number of aromatic nitrogens is 2. The van der Waals surface area contributed by atoms with E-state index >= 15 is 0 Å². The van der Waals surface area contributed by atoms with Crippen LogP contribution in [-0.4, -0.2) is 30.6 Å². The third-order valence-electron chi connectivity index (χ3n) is 5.83. The number of fused-ring (bicyclic) bond motifs is 1. The number of nitrogens with two attached hydrogens (primary N) is 1. The van der Waals surface area contributed by atoms with Gasteiger partial charge in [0.2, 0.25) is 5.95 Å². The summed E-state index contributed by atoms with van der Waals surface area (Å²) < 4.78 is 6.04. The van der Waals surface area contributed by atoms with E-state index in [4.69, 9.17) is 20.4 Å². The van der Waals surface area contributed by atoms with Crippen LogP contribution >= 0.6 is 0 Å². The van der Waals surface area contributed by atoms with Gasteiger partial charge in [-0.3, -0.25) is 0 Å². The summed E-state index contributed by atoms with van der Waals surface area (Å²) in [5, 5.41) is 0. The van der Waals surface area contributed by atoms with Crippen molar-refractivity contribution in [1.82, 2.24) is 9.97 Å². The second-order valence-electron chi connectivity index (χ2n) is 8.33. The topological polar surface area (TPSA) is 67.5 Å². The number of hydrogen-bond donors (Lipinski definition) is 1. The summed E-state index contributed by atoms with van der Waals surface area (Å²) in [6, 6.07) is 26.4. The van der Waals surface area contributed by atoms with E-state index in [1.165, 1.54) is 5.56 Å². The summed E-state index contributed by atoms with van der Waals surface area (Å²) in [5.74, 6) is 2.63. The molecule has 0 aliphatic carbocycles. The van der Waals surface area contributed by atoms with Crippen LogP contribution in [0.2, 0.25) is 0 Å². The minimum atomic E-state index is 0.452. The van der Waals surface area contributed by atoms with Gasteiger partial charge in [0.1, 0.15) is 24.0 Å². The van der Waals surface area contributed by atoms with Gasteiger partial charge < -0.3 is 20.3 Å². The number of nitrogens with zero attached hydrogens (tertiary/aromatic N) is 4. The van der Waals surface area contributed by atoms with Gasteiger partial charge in [0.15, 0.2) is 0 Å². The first-order valence-electron chi connectivity index (χ1n) is 11.1. The highest BCUT2D eigenvalue weighted by Crippen LogP contribution is 2.39. The lowest BCUT2D eigenvalue weighted by Gasteiger charge is -2.23. The lowest BCUT2D eigenvalue weighted by atomic mass is 10.1. The van der Waals surface area contributed by atoms with Gasteiger partial charge in [-0.25, -0.2) is 0 Å². The molecule has 1 aliphatic rings. The van der Waals surface area contributed by atoms with Crippen LogP contribution in [0.15, 0.2) is 78.9 Å². The van der Waals surface area contributed by atoms with Crippen molar-refractivity contribution >= 4 is 23.3 Å². The highest BCUT2D eigenvalue weighted by molar-refractivity contribution is 5.86. The zero-order valence-corrected chi connectivity index (χ0v) is 18.9. The van der Waals surface area contributed by atoms with Gasteiger partial charge in [-0.15, -0.1) is 0 Å². The largest absolute Gasteiger partial charge is 0.489 e. The number of anilines is 4. The van der Waals surface area contributed by atoms with E-state index in [9.17, 15) is 0 Å². The number of para-hydroxylation sites is 1. The number of ether oxygens (including phenoxy) is 1. The van der Waals surface area contributed by atoms with Crippen LogP contribution in [-0.2, 0) is 13.0 Å². The van der Waals surface area contributed by atoms with E-state index in [0.29, 0.717) is 18.4 Å². The second kappa shape index (κ2) is 8.82. The Hall–Kier alpha value is -4.06. The van der Waals surface area contributed by atoms with Crippen LogP contribution in [0, 0.1) is 0 Å². The molecule has 1 aromatic heterocycles. The molecule has 5 rings (SSSR count). The fraction of sp³-hybridized carbons (Fsp3) is 0.185. The summed E-state index contributed by atoms with van der Waals surface area (Å²) in [5.41, 5.74) is 11.9. The highest BCUT2D eigenvalue weighted by Gasteiger charge is 2.25. The van der Waals surface area contributed by atoms with Gasteiger partial charge in [0, 0.05) is 26.3 Å². The zero-order chi connectivity index (χ0) is 22.8. The van der Waals surface area contributed by atoms with Crippen molar-refractivity contribution in [3.05, 3.63) is 90.0 Å². The van der Waals surface area contributed by atoms with Gasteiger partial charge >= 0.3 is 0 Å². The maximum absolute atomic E-state index is 6.55. The average molecular weight is 438 g/mol. The Balaban J connectivity index is 1.49. The molecule has 0 spiro atoms. The van der Waals surface area contributed by atoms with E-state index in [1.807, 2.05) is 67.5 Å². The Labute approximate surface area is 194 Å². The van der Waals surface area contributed by atoms with Crippen molar-refractivity contribution in [1.29, 1.82) is 0 Å². The van der Waals surface area contributed by atoms with E-state index in [-0.39, 0.29) is 0 Å². The Morgan fingerprint density at radius 3 is 2.55 bits per heavy atom. The van der Waals surface area contributed by atoms with Crippen LogP contribution in [0.5, 0.6) is 5.75 Å². The molecule has 1 aliphatic heterocycles. The third-order valence-corrected chi connectivity index (χ3v) is 5.83. The lowest BCUT2D eigenvalue weighted by Crippen LogP contribution is -2.21. The van der Waals surface area contributed by atoms with Crippen molar-refractivity contribution in [2.24, 2.45) is 0 Å². The number of rotatable bonds is 6. The van der Waals surface area contributed by atoms with Crippen LogP contribution in [0.1, 0.15) is 11.1 Å². The predicted octanol–water partition coefficient (Wildman–Crippen LogP) is 5.07. The molecule has 2 heterocycles. The molecule has 0 radical (unpaired) electrons. The summed E-state index contributed by atoms with van der Waals surface area (Å²) in [7, 11) is 3.95. The van der Waals surface area contributed by atoms with Crippen LogP contribution in [0.3, 0.4) is 0 Å². The molecule has 3 aromatic carbocycles. The molecule has 6 nitrogen and oxygen atoms in total. The predicted molar refractivity (Wildman–Crippen MR) is 134 cm³/mol. The van der Waals surface area contributed by atoms with Crippen LogP contribution in [0.25, 0.3) is 11.1 Å². The maximum Gasteiger partial charge on any atom is 0.233 e. The average Bonchev–Trinajstić information content (AvgIpc) is 3.27. The van der Waals surface area contributed by atoms with Gasteiger partial charge in [-0.1, -0.05) is 60.7 Å². The summed E-state index contributed by atoms with van der Waals surface area (Å²) in [6.45, 7) is 1.35. The molecule has 33 heavy (non-hydrogen) atoms. The van der Waals surface area contributed by atoms with Crippen molar-refractivity contribution in [3.63, 3.8) is 0 Å². The quantitative estimate of drug-likeness (QED) is 0.455.